The number of anilines is 1. The average Bonchev–Trinajstić information content (AvgIpc) is 2.94. The van der Waals surface area contributed by atoms with E-state index in [1.54, 1.807) is 11.6 Å². The number of hydrogen-bond acceptors (Lipinski definition) is 5. The molecule has 0 aromatic carbocycles. The van der Waals surface area contributed by atoms with Crippen LogP contribution in [0.3, 0.4) is 0 Å². The van der Waals surface area contributed by atoms with Gasteiger partial charge in [-0.2, -0.15) is 0 Å². The number of nitrogens with zero attached hydrogens (tertiary/aromatic N) is 5. The van der Waals surface area contributed by atoms with Gasteiger partial charge in [0.15, 0.2) is 5.65 Å². The molecule has 2 atom stereocenters. The summed E-state index contributed by atoms with van der Waals surface area (Å²) in [6, 6.07) is 4.08. The molecule has 1 amide bonds. The van der Waals surface area contributed by atoms with Crippen LogP contribution in [0.15, 0.2) is 16.9 Å². The zero-order valence-corrected chi connectivity index (χ0v) is 21.8. The molecule has 0 aliphatic carbocycles. The Labute approximate surface area is 197 Å². The fourth-order valence-electron chi connectivity index (χ4n) is 4.58. The highest BCUT2D eigenvalue weighted by Crippen LogP contribution is 2.28. The molecule has 0 N–H and O–H groups in total. The predicted octanol–water partition coefficient (Wildman–Crippen LogP) is 4.40. The highest BCUT2D eigenvalue weighted by molar-refractivity contribution is 5.74. The molecule has 1 aliphatic rings. The lowest BCUT2D eigenvalue weighted by molar-refractivity contribution is 0.0000104. The molecule has 3 heterocycles. The van der Waals surface area contributed by atoms with Crippen molar-refractivity contribution in [2.24, 2.45) is 12.5 Å². The van der Waals surface area contributed by atoms with Gasteiger partial charge in [0.1, 0.15) is 11.4 Å². The van der Waals surface area contributed by atoms with Gasteiger partial charge in [-0.05, 0) is 51.2 Å². The quantitative estimate of drug-likeness (QED) is 0.678. The molecule has 0 spiro atoms. The summed E-state index contributed by atoms with van der Waals surface area (Å²) in [7, 11) is 1.78. The van der Waals surface area contributed by atoms with Gasteiger partial charge < -0.3 is 9.64 Å². The van der Waals surface area contributed by atoms with Crippen LogP contribution in [0.4, 0.5) is 10.6 Å². The second-order valence-corrected chi connectivity index (χ2v) is 11.4. The summed E-state index contributed by atoms with van der Waals surface area (Å²) < 4.78 is 9.17. The van der Waals surface area contributed by atoms with Crippen LogP contribution in [0.2, 0.25) is 0 Å². The largest absolute Gasteiger partial charge is 0.444 e. The van der Waals surface area contributed by atoms with Crippen LogP contribution < -0.4 is 10.6 Å². The maximum Gasteiger partial charge on any atom is 0.410 e. The zero-order valence-electron chi connectivity index (χ0n) is 21.8. The van der Waals surface area contributed by atoms with E-state index in [2.05, 4.69) is 39.5 Å². The van der Waals surface area contributed by atoms with E-state index in [0.29, 0.717) is 25.3 Å². The minimum absolute atomic E-state index is 0.0164. The molecule has 8 nitrogen and oxygen atoms in total. The number of aromatic nitrogens is 3. The second kappa shape index (κ2) is 9.03. The van der Waals surface area contributed by atoms with E-state index in [9.17, 15) is 9.59 Å². The number of carbonyl (C=O) groups excluding carboxylic acids is 1. The Morgan fingerprint density at radius 2 is 1.64 bits per heavy atom. The Bertz CT molecular complexity index is 1040. The Morgan fingerprint density at radius 3 is 2.12 bits per heavy atom. The van der Waals surface area contributed by atoms with Crippen molar-refractivity contribution in [3.05, 3.63) is 22.6 Å². The molecule has 1 aliphatic heterocycles. The van der Waals surface area contributed by atoms with Crippen LogP contribution in [0.25, 0.3) is 11.2 Å². The van der Waals surface area contributed by atoms with Gasteiger partial charge in [0.2, 0.25) is 0 Å². The topological polar surface area (TPSA) is 72.6 Å². The number of piperazine rings is 1. The van der Waals surface area contributed by atoms with Gasteiger partial charge in [-0.3, -0.25) is 14.0 Å². The van der Waals surface area contributed by atoms with Crippen LogP contribution in [-0.4, -0.2) is 55.9 Å². The molecular weight excluding hydrogens is 418 g/mol. The van der Waals surface area contributed by atoms with Crippen molar-refractivity contribution in [2.45, 2.75) is 92.5 Å². The fourth-order valence-corrected chi connectivity index (χ4v) is 4.58. The van der Waals surface area contributed by atoms with Crippen molar-refractivity contribution in [1.82, 2.24) is 19.0 Å². The standard InChI is InChI=1S/C25H41N5O3/c1-10-17-14-28(15-18(11-2)30(17)23(32)33-25(6,7)8)20-13-12-19-21(26-20)27(9)22(31)29(19)16-24(3,4)5/h12-13,17-18H,10-11,14-16H2,1-9H3. The van der Waals surface area contributed by atoms with E-state index in [4.69, 9.17) is 9.72 Å². The Morgan fingerprint density at radius 1 is 1.06 bits per heavy atom. The van der Waals surface area contributed by atoms with Gasteiger partial charge in [0.05, 0.1) is 17.6 Å². The molecule has 33 heavy (non-hydrogen) atoms. The van der Waals surface area contributed by atoms with E-state index in [0.717, 1.165) is 24.2 Å². The van der Waals surface area contributed by atoms with E-state index in [-0.39, 0.29) is 29.3 Å². The van der Waals surface area contributed by atoms with Crippen LogP contribution in [0.5, 0.6) is 0 Å². The SMILES string of the molecule is CCC1CN(c2ccc3c(n2)n(C)c(=O)n3CC(C)(C)C)CC(CC)N1C(=O)OC(C)(C)C. The molecule has 2 aromatic rings. The third-order valence-corrected chi connectivity index (χ3v) is 6.12. The van der Waals surface area contributed by atoms with E-state index in [1.807, 2.05) is 42.4 Å². The first-order chi connectivity index (χ1) is 15.3. The first kappa shape index (κ1) is 25.1. The highest BCUT2D eigenvalue weighted by Gasteiger charge is 2.38. The summed E-state index contributed by atoms with van der Waals surface area (Å²) in [5, 5.41) is 0. The Balaban J connectivity index is 1.94. The highest BCUT2D eigenvalue weighted by atomic mass is 16.6. The normalized spacial score (nSPS) is 19.9. The molecule has 0 bridgehead atoms. The summed E-state index contributed by atoms with van der Waals surface area (Å²) in [6.45, 7) is 18.3. The maximum absolute atomic E-state index is 13.0. The molecule has 8 heteroatoms. The lowest BCUT2D eigenvalue weighted by Gasteiger charge is -2.47. The van der Waals surface area contributed by atoms with Crippen molar-refractivity contribution in [2.75, 3.05) is 18.0 Å². The van der Waals surface area contributed by atoms with Crippen molar-refractivity contribution >= 4 is 23.1 Å². The fraction of sp³-hybridized carbons (Fsp3) is 0.720. The summed E-state index contributed by atoms with van der Waals surface area (Å²) in [4.78, 5) is 35.0. The maximum atomic E-state index is 13.0. The summed E-state index contributed by atoms with van der Waals surface area (Å²) in [6.07, 6.45) is 1.41. The van der Waals surface area contributed by atoms with E-state index in [1.165, 1.54) is 0 Å². The average molecular weight is 460 g/mol. The summed E-state index contributed by atoms with van der Waals surface area (Å²) >= 11 is 0. The number of imidazole rings is 1. The van der Waals surface area contributed by atoms with Crippen molar-refractivity contribution < 1.29 is 9.53 Å². The number of aryl methyl sites for hydroxylation is 1. The Kier molecular flexibility index (Phi) is 6.87. The molecule has 2 aromatic heterocycles. The minimum Gasteiger partial charge on any atom is -0.444 e. The molecule has 0 saturated carbocycles. The first-order valence-corrected chi connectivity index (χ1v) is 12.1. The van der Waals surface area contributed by atoms with Crippen molar-refractivity contribution in [1.29, 1.82) is 0 Å². The van der Waals surface area contributed by atoms with Crippen LogP contribution >= 0.6 is 0 Å². The first-order valence-electron chi connectivity index (χ1n) is 12.1. The smallest absolute Gasteiger partial charge is 0.410 e. The van der Waals surface area contributed by atoms with Crippen LogP contribution in [-0.2, 0) is 18.3 Å². The van der Waals surface area contributed by atoms with E-state index < -0.39 is 5.60 Å². The lowest BCUT2D eigenvalue weighted by atomic mass is 9.97. The van der Waals surface area contributed by atoms with Crippen LogP contribution in [0, 0.1) is 5.41 Å². The minimum atomic E-state index is -0.525. The van der Waals surface area contributed by atoms with Gasteiger partial charge in [-0.15, -0.1) is 0 Å². The molecular formula is C25H41N5O3. The summed E-state index contributed by atoms with van der Waals surface area (Å²) in [5.41, 5.74) is 0.960. The number of amides is 1. The summed E-state index contributed by atoms with van der Waals surface area (Å²) in [5.74, 6) is 0.840. The monoisotopic (exact) mass is 459 g/mol. The van der Waals surface area contributed by atoms with Crippen LogP contribution in [0.1, 0.15) is 68.2 Å². The number of fused-ring (bicyclic) bond motifs is 1. The Hall–Kier alpha value is -2.51. The number of ether oxygens (including phenoxy) is 1. The van der Waals surface area contributed by atoms with Crippen molar-refractivity contribution in [3.63, 3.8) is 0 Å². The van der Waals surface area contributed by atoms with Gasteiger partial charge in [0.25, 0.3) is 0 Å². The lowest BCUT2D eigenvalue weighted by Crippen LogP contribution is -2.61. The predicted molar refractivity (Wildman–Crippen MR) is 133 cm³/mol. The molecule has 1 fully saturated rings. The third kappa shape index (κ3) is 5.36. The number of rotatable bonds is 4. The molecule has 3 rings (SSSR count). The molecule has 0 radical (unpaired) electrons. The molecule has 1 saturated heterocycles. The molecule has 184 valence electrons. The van der Waals surface area contributed by atoms with Gasteiger partial charge in [-0.25, -0.2) is 14.6 Å². The third-order valence-electron chi connectivity index (χ3n) is 6.12. The van der Waals surface area contributed by atoms with Crippen molar-refractivity contribution in [3.8, 4) is 0 Å². The number of pyridine rings is 1. The van der Waals surface area contributed by atoms with Gasteiger partial charge >= 0.3 is 11.8 Å². The van der Waals surface area contributed by atoms with Gasteiger partial charge in [0, 0.05) is 26.7 Å². The zero-order chi connectivity index (χ0) is 24.7. The number of carbonyl (C=O) groups is 1. The number of hydrogen-bond donors (Lipinski definition) is 0. The molecule has 2 unspecified atom stereocenters. The van der Waals surface area contributed by atoms with E-state index >= 15 is 0 Å². The van der Waals surface area contributed by atoms with Gasteiger partial charge in [-0.1, -0.05) is 34.6 Å². The second-order valence-electron chi connectivity index (χ2n) is 11.4.